The number of nitrogens with zero attached hydrogens (tertiary/aromatic N) is 4. The molecule has 0 fully saturated rings. The van der Waals surface area contributed by atoms with E-state index < -0.39 is 5.97 Å². The average molecular weight is 368 g/mol. The van der Waals surface area contributed by atoms with Crippen LogP contribution in [0, 0.1) is 6.92 Å². The first-order chi connectivity index (χ1) is 12.5. The van der Waals surface area contributed by atoms with Crippen molar-refractivity contribution in [3.05, 3.63) is 62.5 Å². The fourth-order valence-electron chi connectivity index (χ4n) is 3.11. The van der Waals surface area contributed by atoms with Gasteiger partial charge in [0.25, 0.3) is 5.56 Å². The Labute approximate surface area is 152 Å². The molecule has 132 valence electrons. The van der Waals surface area contributed by atoms with Crippen LogP contribution in [0.25, 0.3) is 16.6 Å². The third-order valence-corrected chi connectivity index (χ3v) is 5.25. The predicted molar refractivity (Wildman–Crippen MR) is 99.0 cm³/mol. The Morgan fingerprint density at radius 1 is 1.35 bits per heavy atom. The lowest BCUT2D eigenvalue weighted by molar-refractivity contribution is 0.0602. The summed E-state index contributed by atoms with van der Waals surface area (Å²) in [7, 11) is 1.32. The van der Waals surface area contributed by atoms with Crippen LogP contribution in [0.5, 0.6) is 0 Å². The quantitative estimate of drug-likeness (QED) is 0.520. The van der Waals surface area contributed by atoms with E-state index in [1.165, 1.54) is 17.8 Å². The van der Waals surface area contributed by atoms with Gasteiger partial charge >= 0.3 is 5.97 Å². The van der Waals surface area contributed by atoms with Gasteiger partial charge in [-0.2, -0.15) is 16.4 Å². The Hall–Kier alpha value is -3.00. The summed E-state index contributed by atoms with van der Waals surface area (Å²) in [6.07, 6.45) is 3.25. The Bertz CT molecular complexity index is 1190. The first kappa shape index (κ1) is 16.5. The van der Waals surface area contributed by atoms with Gasteiger partial charge < -0.3 is 9.30 Å². The Balaban J connectivity index is 1.96. The molecule has 7 nitrogen and oxygen atoms in total. The highest BCUT2D eigenvalue weighted by atomic mass is 32.1. The normalized spacial score (nSPS) is 12.6. The van der Waals surface area contributed by atoms with E-state index >= 15 is 0 Å². The van der Waals surface area contributed by atoms with Crippen molar-refractivity contribution in [2.24, 2.45) is 0 Å². The van der Waals surface area contributed by atoms with Crippen LogP contribution in [-0.2, 0) is 4.74 Å². The lowest BCUT2D eigenvalue weighted by Gasteiger charge is -2.14. The van der Waals surface area contributed by atoms with Gasteiger partial charge in [-0.1, -0.05) is 0 Å². The molecule has 0 aliphatic heterocycles. The van der Waals surface area contributed by atoms with Crippen LogP contribution in [-0.4, -0.2) is 32.2 Å². The molecule has 1 unspecified atom stereocenters. The largest absolute Gasteiger partial charge is 0.465 e. The zero-order chi connectivity index (χ0) is 18.4. The van der Waals surface area contributed by atoms with Gasteiger partial charge in [0.2, 0.25) is 0 Å². The fraction of sp³-hybridized carbons (Fsp3) is 0.222. The third-order valence-electron chi connectivity index (χ3n) is 4.55. The van der Waals surface area contributed by atoms with Gasteiger partial charge in [0.1, 0.15) is 5.56 Å². The number of fused-ring (bicyclic) bond motifs is 3. The first-order valence-electron chi connectivity index (χ1n) is 8.02. The monoisotopic (exact) mass is 368 g/mol. The SMILES string of the molecule is COC(=O)c1c(C)nn2c1ncc1c(=O)n(C(C)c3ccsc3)ccc12. The second kappa shape index (κ2) is 6.06. The number of rotatable bonds is 3. The van der Waals surface area contributed by atoms with Crippen LogP contribution >= 0.6 is 11.3 Å². The van der Waals surface area contributed by atoms with Gasteiger partial charge in [-0.15, -0.1) is 0 Å². The summed E-state index contributed by atoms with van der Waals surface area (Å²) >= 11 is 1.60. The molecule has 0 aliphatic rings. The van der Waals surface area contributed by atoms with Crippen LogP contribution in [0.15, 0.2) is 40.1 Å². The Morgan fingerprint density at radius 3 is 2.85 bits per heavy atom. The molecule has 8 heteroatoms. The summed E-state index contributed by atoms with van der Waals surface area (Å²) in [6.45, 7) is 3.70. The van der Waals surface area contributed by atoms with E-state index in [9.17, 15) is 9.59 Å². The summed E-state index contributed by atoms with van der Waals surface area (Å²) in [5.41, 5.74) is 2.73. The maximum absolute atomic E-state index is 13.0. The second-order valence-corrected chi connectivity index (χ2v) is 6.79. The van der Waals surface area contributed by atoms with Crippen LogP contribution in [0.4, 0.5) is 0 Å². The minimum atomic E-state index is -0.497. The molecule has 0 amide bonds. The number of aryl methyl sites for hydroxylation is 1. The molecule has 4 rings (SSSR count). The van der Waals surface area contributed by atoms with Crippen LogP contribution in [0.2, 0.25) is 0 Å². The van der Waals surface area contributed by atoms with E-state index in [1.54, 1.807) is 29.0 Å². The summed E-state index contributed by atoms with van der Waals surface area (Å²) in [5, 5.41) is 8.85. The summed E-state index contributed by atoms with van der Waals surface area (Å²) in [6, 6.07) is 3.74. The molecule has 0 saturated carbocycles. The molecule has 0 bridgehead atoms. The number of ether oxygens (including phenoxy) is 1. The first-order valence-corrected chi connectivity index (χ1v) is 8.96. The second-order valence-electron chi connectivity index (χ2n) is 6.01. The summed E-state index contributed by atoms with van der Waals surface area (Å²) < 4.78 is 8.02. The third kappa shape index (κ3) is 2.33. The summed E-state index contributed by atoms with van der Waals surface area (Å²) in [5.74, 6) is -0.497. The Morgan fingerprint density at radius 2 is 2.15 bits per heavy atom. The van der Waals surface area contributed by atoms with Gasteiger partial charge in [-0.3, -0.25) is 4.79 Å². The molecular formula is C18H16N4O3S. The minimum absolute atomic E-state index is 0.0844. The zero-order valence-corrected chi connectivity index (χ0v) is 15.3. The highest BCUT2D eigenvalue weighted by molar-refractivity contribution is 7.07. The standard InChI is InChI=1S/C18H16N4O3S/c1-10-15(18(24)25-3)16-19-8-13-14(22(16)20-10)4-6-21(17(13)23)11(2)12-5-7-26-9-12/h4-9,11H,1-3H3. The topological polar surface area (TPSA) is 78.5 Å². The summed E-state index contributed by atoms with van der Waals surface area (Å²) in [4.78, 5) is 29.3. The minimum Gasteiger partial charge on any atom is -0.465 e. The van der Waals surface area contributed by atoms with Crippen LogP contribution in [0.3, 0.4) is 0 Å². The lowest BCUT2D eigenvalue weighted by atomic mass is 10.1. The molecule has 4 aromatic rings. The van der Waals surface area contributed by atoms with Crippen molar-refractivity contribution in [3.8, 4) is 0 Å². The molecule has 0 aliphatic carbocycles. The molecule has 0 radical (unpaired) electrons. The number of hydrogen-bond acceptors (Lipinski definition) is 6. The van der Waals surface area contributed by atoms with E-state index in [4.69, 9.17) is 4.74 Å². The van der Waals surface area contributed by atoms with Gasteiger partial charge in [0, 0.05) is 12.4 Å². The number of thiophene rings is 1. The lowest BCUT2D eigenvalue weighted by Crippen LogP contribution is -2.24. The van der Waals surface area contributed by atoms with Crippen molar-refractivity contribution in [1.29, 1.82) is 0 Å². The van der Waals surface area contributed by atoms with E-state index in [0.717, 1.165) is 5.56 Å². The molecule has 26 heavy (non-hydrogen) atoms. The highest BCUT2D eigenvalue weighted by Crippen LogP contribution is 2.22. The number of carbonyl (C=O) groups is 1. The smallest absolute Gasteiger partial charge is 0.343 e. The molecule has 4 heterocycles. The van der Waals surface area contributed by atoms with Crippen molar-refractivity contribution < 1.29 is 9.53 Å². The number of methoxy groups -OCH3 is 1. The van der Waals surface area contributed by atoms with Crippen molar-refractivity contribution in [1.82, 2.24) is 19.2 Å². The van der Waals surface area contributed by atoms with Gasteiger partial charge in [-0.25, -0.2) is 14.3 Å². The number of hydrogen-bond donors (Lipinski definition) is 0. The molecule has 0 saturated heterocycles. The number of pyridine rings is 1. The highest BCUT2D eigenvalue weighted by Gasteiger charge is 2.21. The predicted octanol–water partition coefficient (Wildman–Crippen LogP) is 2.81. The van der Waals surface area contributed by atoms with Gasteiger partial charge in [0.15, 0.2) is 5.65 Å². The van der Waals surface area contributed by atoms with Gasteiger partial charge in [0.05, 0.1) is 29.7 Å². The fourth-order valence-corrected chi connectivity index (χ4v) is 3.86. The average Bonchev–Trinajstić information content (AvgIpc) is 3.28. The molecule has 4 aromatic heterocycles. The maximum atomic E-state index is 13.0. The number of esters is 1. The van der Waals surface area contributed by atoms with Crippen molar-refractivity contribution >= 4 is 33.9 Å². The van der Waals surface area contributed by atoms with E-state index in [0.29, 0.717) is 27.8 Å². The molecule has 0 aromatic carbocycles. The van der Waals surface area contributed by atoms with E-state index in [2.05, 4.69) is 10.1 Å². The number of aromatic nitrogens is 4. The number of carbonyl (C=O) groups excluding carboxylic acids is 1. The van der Waals surface area contributed by atoms with E-state index in [1.807, 2.05) is 29.8 Å². The van der Waals surface area contributed by atoms with E-state index in [-0.39, 0.29) is 11.6 Å². The molecule has 1 atom stereocenters. The zero-order valence-electron chi connectivity index (χ0n) is 14.5. The van der Waals surface area contributed by atoms with Crippen LogP contribution in [0.1, 0.15) is 34.6 Å². The molecule has 0 N–H and O–H groups in total. The maximum Gasteiger partial charge on any atom is 0.343 e. The van der Waals surface area contributed by atoms with Crippen molar-refractivity contribution in [2.45, 2.75) is 19.9 Å². The Kier molecular flexibility index (Phi) is 3.84. The van der Waals surface area contributed by atoms with Gasteiger partial charge in [-0.05, 0) is 42.3 Å². The van der Waals surface area contributed by atoms with Crippen LogP contribution < -0.4 is 5.56 Å². The molecule has 0 spiro atoms. The van der Waals surface area contributed by atoms with Crippen molar-refractivity contribution in [2.75, 3.05) is 7.11 Å². The molecular weight excluding hydrogens is 352 g/mol. The van der Waals surface area contributed by atoms with Crippen molar-refractivity contribution in [3.63, 3.8) is 0 Å².